The second-order valence-corrected chi connectivity index (χ2v) is 7.13. The van der Waals surface area contributed by atoms with Crippen LogP contribution in [0.3, 0.4) is 0 Å². The summed E-state index contributed by atoms with van der Waals surface area (Å²) < 4.78 is 31.8. The Hall–Kier alpha value is -1.11. The fraction of sp³-hybridized carbons (Fsp3) is 0.571. The van der Waals surface area contributed by atoms with Crippen molar-refractivity contribution in [3.05, 3.63) is 23.8 Å². The van der Waals surface area contributed by atoms with Gasteiger partial charge < -0.3 is 10.5 Å². The average molecular weight is 298 g/mol. The van der Waals surface area contributed by atoms with Crippen molar-refractivity contribution in [3.63, 3.8) is 0 Å². The van der Waals surface area contributed by atoms with Gasteiger partial charge in [-0.2, -0.15) is 4.31 Å². The van der Waals surface area contributed by atoms with E-state index in [0.717, 1.165) is 18.4 Å². The molecule has 0 bridgehead atoms. The van der Waals surface area contributed by atoms with Crippen molar-refractivity contribution >= 4 is 15.7 Å². The normalized spacial score (nSPS) is 20.4. The number of nitrogens with two attached hydrogens (primary N) is 1. The Morgan fingerprint density at radius 3 is 2.80 bits per heavy atom. The number of hydrogen-bond donors (Lipinski definition) is 1. The van der Waals surface area contributed by atoms with Gasteiger partial charge in [-0.05, 0) is 36.5 Å². The van der Waals surface area contributed by atoms with Gasteiger partial charge in [0.1, 0.15) is 0 Å². The smallest absolute Gasteiger partial charge is 0.243 e. The molecule has 0 aliphatic carbocycles. The van der Waals surface area contributed by atoms with Crippen LogP contribution in [0.4, 0.5) is 5.69 Å². The van der Waals surface area contributed by atoms with Gasteiger partial charge in [0.15, 0.2) is 0 Å². The summed E-state index contributed by atoms with van der Waals surface area (Å²) in [6, 6.07) is 5.01. The molecule has 1 aromatic carbocycles. The van der Waals surface area contributed by atoms with E-state index in [2.05, 4.69) is 0 Å². The van der Waals surface area contributed by atoms with E-state index in [-0.39, 0.29) is 10.8 Å². The lowest BCUT2D eigenvalue weighted by Gasteiger charge is -2.17. The summed E-state index contributed by atoms with van der Waals surface area (Å²) in [6.45, 7) is 3.66. The first-order chi connectivity index (χ1) is 9.48. The SMILES string of the molecule is CCc1ccc(S(=O)(=O)N2CCC(COC)C2)cc1N. The molecule has 20 heavy (non-hydrogen) atoms. The van der Waals surface area contributed by atoms with E-state index in [1.54, 1.807) is 25.3 Å². The lowest BCUT2D eigenvalue weighted by Crippen LogP contribution is -2.29. The van der Waals surface area contributed by atoms with Gasteiger partial charge in [-0.1, -0.05) is 13.0 Å². The van der Waals surface area contributed by atoms with Gasteiger partial charge in [0.2, 0.25) is 10.0 Å². The van der Waals surface area contributed by atoms with E-state index in [0.29, 0.717) is 25.4 Å². The molecule has 1 aliphatic rings. The molecular formula is C14H22N2O3S. The molecule has 1 fully saturated rings. The molecule has 1 atom stereocenters. The van der Waals surface area contributed by atoms with Gasteiger partial charge in [0.25, 0.3) is 0 Å². The molecule has 0 radical (unpaired) electrons. The highest BCUT2D eigenvalue weighted by atomic mass is 32.2. The van der Waals surface area contributed by atoms with Crippen LogP contribution in [-0.2, 0) is 21.2 Å². The van der Waals surface area contributed by atoms with Gasteiger partial charge in [-0.3, -0.25) is 0 Å². The summed E-state index contributed by atoms with van der Waals surface area (Å²) in [5.74, 6) is 0.280. The average Bonchev–Trinajstić information content (AvgIpc) is 2.88. The zero-order valence-corrected chi connectivity index (χ0v) is 12.8. The van der Waals surface area contributed by atoms with Gasteiger partial charge in [0.05, 0.1) is 11.5 Å². The Morgan fingerprint density at radius 2 is 2.20 bits per heavy atom. The van der Waals surface area contributed by atoms with Crippen molar-refractivity contribution in [1.29, 1.82) is 0 Å². The molecule has 112 valence electrons. The second-order valence-electron chi connectivity index (χ2n) is 5.19. The Kier molecular flexibility index (Phi) is 4.67. The number of benzene rings is 1. The van der Waals surface area contributed by atoms with Crippen LogP contribution in [0.5, 0.6) is 0 Å². The Morgan fingerprint density at radius 1 is 1.45 bits per heavy atom. The molecule has 1 heterocycles. The van der Waals surface area contributed by atoms with E-state index < -0.39 is 10.0 Å². The molecule has 1 aliphatic heterocycles. The topological polar surface area (TPSA) is 72.6 Å². The molecule has 2 N–H and O–H groups in total. The van der Waals surface area contributed by atoms with Crippen LogP contribution in [0, 0.1) is 5.92 Å². The van der Waals surface area contributed by atoms with E-state index in [9.17, 15) is 8.42 Å². The predicted octanol–water partition coefficient (Wildman–Crippen LogP) is 1.49. The Labute approximate surface area is 120 Å². The number of hydrogen-bond acceptors (Lipinski definition) is 4. The lowest BCUT2D eigenvalue weighted by atomic mass is 10.1. The largest absolute Gasteiger partial charge is 0.398 e. The summed E-state index contributed by atoms with van der Waals surface area (Å²) in [4.78, 5) is 0.283. The highest BCUT2D eigenvalue weighted by molar-refractivity contribution is 7.89. The minimum atomic E-state index is -3.44. The maximum Gasteiger partial charge on any atom is 0.243 e. The van der Waals surface area contributed by atoms with Crippen LogP contribution in [0.1, 0.15) is 18.9 Å². The van der Waals surface area contributed by atoms with Crippen molar-refractivity contribution in [2.75, 3.05) is 32.5 Å². The molecular weight excluding hydrogens is 276 g/mol. The Balaban J connectivity index is 2.21. The number of nitrogen functional groups attached to an aromatic ring is 1. The number of methoxy groups -OCH3 is 1. The summed E-state index contributed by atoms with van der Waals surface area (Å²) >= 11 is 0. The van der Waals surface area contributed by atoms with Crippen molar-refractivity contribution in [3.8, 4) is 0 Å². The maximum atomic E-state index is 12.6. The fourth-order valence-corrected chi connectivity index (χ4v) is 4.16. The number of nitrogens with zero attached hydrogens (tertiary/aromatic N) is 1. The van der Waals surface area contributed by atoms with Crippen molar-refractivity contribution in [2.45, 2.75) is 24.7 Å². The summed E-state index contributed by atoms with van der Waals surface area (Å²) in [6.07, 6.45) is 1.64. The quantitative estimate of drug-likeness (QED) is 0.836. The molecule has 6 heteroatoms. The monoisotopic (exact) mass is 298 g/mol. The first-order valence-electron chi connectivity index (χ1n) is 6.86. The summed E-state index contributed by atoms with van der Waals surface area (Å²) in [5.41, 5.74) is 7.42. The summed E-state index contributed by atoms with van der Waals surface area (Å²) in [7, 11) is -1.80. The third-order valence-corrected chi connectivity index (χ3v) is 5.65. The number of sulfonamides is 1. The van der Waals surface area contributed by atoms with Gasteiger partial charge in [-0.25, -0.2) is 8.42 Å². The molecule has 0 spiro atoms. The van der Waals surface area contributed by atoms with E-state index in [1.807, 2.05) is 6.92 Å². The third kappa shape index (κ3) is 2.97. The summed E-state index contributed by atoms with van der Waals surface area (Å²) in [5, 5.41) is 0. The lowest BCUT2D eigenvalue weighted by molar-refractivity contribution is 0.157. The molecule has 0 amide bonds. The highest BCUT2D eigenvalue weighted by Gasteiger charge is 2.32. The van der Waals surface area contributed by atoms with Crippen LogP contribution >= 0.6 is 0 Å². The van der Waals surface area contributed by atoms with Crippen molar-refractivity contribution < 1.29 is 13.2 Å². The Bertz CT molecular complexity index is 572. The van der Waals surface area contributed by atoms with Crippen LogP contribution < -0.4 is 5.73 Å². The van der Waals surface area contributed by atoms with Crippen LogP contribution in [0.2, 0.25) is 0 Å². The molecule has 1 saturated heterocycles. The van der Waals surface area contributed by atoms with Gasteiger partial charge in [-0.15, -0.1) is 0 Å². The minimum Gasteiger partial charge on any atom is -0.398 e. The maximum absolute atomic E-state index is 12.6. The van der Waals surface area contributed by atoms with Crippen molar-refractivity contribution in [2.24, 2.45) is 5.92 Å². The van der Waals surface area contributed by atoms with Crippen LogP contribution in [-0.4, -0.2) is 39.5 Å². The van der Waals surface area contributed by atoms with Crippen molar-refractivity contribution in [1.82, 2.24) is 4.31 Å². The van der Waals surface area contributed by atoms with Gasteiger partial charge in [0, 0.05) is 25.9 Å². The molecule has 5 nitrogen and oxygen atoms in total. The van der Waals surface area contributed by atoms with Crippen LogP contribution in [0.15, 0.2) is 23.1 Å². The van der Waals surface area contributed by atoms with Crippen LogP contribution in [0.25, 0.3) is 0 Å². The highest BCUT2D eigenvalue weighted by Crippen LogP contribution is 2.26. The minimum absolute atomic E-state index is 0.280. The molecule has 0 aromatic heterocycles. The zero-order valence-electron chi connectivity index (χ0n) is 12.0. The van der Waals surface area contributed by atoms with E-state index in [1.165, 1.54) is 4.31 Å². The van der Waals surface area contributed by atoms with E-state index >= 15 is 0 Å². The van der Waals surface area contributed by atoms with E-state index in [4.69, 9.17) is 10.5 Å². The zero-order chi connectivity index (χ0) is 14.8. The first kappa shape index (κ1) is 15.3. The number of rotatable bonds is 5. The third-order valence-electron chi connectivity index (χ3n) is 3.79. The molecule has 2 rings (SSSR count). The molecule has 1 aromatic rings. The van der Waals surface area contributed by atoms with Gasteiger partial charge >= 0.3 is 0 Å². The second kappa shape index (κ2) is 6.11. The predicted molar refractivity (Wildman–Crippen MR) is 79.0 cm³/mol. The standard InChI is InChI=1S/C14H22N2O3S/c1-3-12-4-5-13(8-14(12)15)20(17,18)16-7-6-11(9-16)10-19-2/h4-5,8,11H,3,6-7,9-10,15H2,1-2H3. The molecule has 1 unspecified atom stereocenters. The first-order valence-corrected chi connectivity index (χ1v) is 8.30. The number of anilines is 1. The fourth-order valence-electron chi connectivity index (χ4n) is 2.59. The number of ether oxygens (including phenoxy) is 1. The number of aryl methyl sites for hydroxylation is 1. The molecule has 0 saturated carbocycles.